The molecule has 0 radical (unpaired) electrons. The van der Waals surface area contributed by atoms with Crippen LogP contribution in [0.5, 0.6) is 5.75 Å². The Morgan fingerprint density at radius 3 is 2.40 bits per heavy atom. The molecule has 3 aromatic rings. The highest BCUT2D eigenvalue weighted by Crippen LogP contribution is 2.35. The molecule has 3 rings (SSSR count). The Labute approximate surface area is 170 Å². The Hall–Kier alpha value is -3.48. The largest absolute Gasteiger partial charge is 0.494 e. The standard InChI is InChI=1S/C18H17FN4O6S/c1-28-14-7-4-11(8-13(14)19)16-17(29-15(22-16)9-23(25)18(20)24)10-2-5-12(6-3-10)30(21,26)27/h2-8,25H,9H2,1H3,(H2,20,24)(H2,21,26,27). The molecule has 0 fully saturated rings. The van der Waals surface area contributed by atoms with E-state index in [1.54, 1.807) is 0 Å². The number of amides is 2. The minimum atomic E-state index is -3.90. The minimum Gasteiger partial charge on any atom is -0.494 e. The maximum atomic E-state index is 14.2. The van der Waals surface area contributed by atoms with Crippen molar-refractivity contribution in [1.29, 1.82) is 0 Å². The van der Waals surface area contributed by atoms with Gasteiger partial charge in [-0.05, 0) is 42.5 Å². The van der Waals surface area contributed by atoms with Crippen molar-refractivity contribution in [3.63, 3.8) is 0 Å². The number of oxazole rings is 1. The number of hydroxylamine groups is 2. The Balaban J connectivity index is 2.11. The molecule has 0 aliphatic rings. The smallest absolute Gasteiger partial charge is 0.339 e. The predicted molar refractivity (Wildman–Crippen MR) is 102 cm³/mol. The molecule has 0 bridgehead atoms. The minimum absolute atomic E-state index is 0.0248. The molecule has 0 aliphatic heterocycles. The first kappa shape index (κ1) is 21.2. The number of halogens is 1. The van der Waals surface area contributed by atoms with Crippen molar-refractivity contribution in [2.24, 2.45) is 10.9 Å². The summed E-state index contributed by atoms with van der Waals surface area (Å²) in [5.41, 5.74) is 5.90. The van der Waals surface area contributed by atoms with Gasteiger partial charge in [-0.1, -0.05) is 0 Å². The van der Waals surface area contributed by atoms with Crippen molar-refractivity contribution in [3.05, 3.63) is 54.2 Å². The molecule has 5 N–H and O–H groups in total. The quantitative estimate of drug-likeness (QED) is 0.393. The first-order valence-electron chi connectivity index (χ1n) is 8.33. The highest BCUT2D eigenvalue weighted by molar-refractivity contribution is 7.89. The molecule has 10 nitrogen and oxygen atoms in total. The number of methoxy groups -OCH3 is 1. The third-order valence-electron chi connectivity index (χ3n) is 4.08. The predicted octanol–water partition coefficient (Wildman–Crippen LogP) is 2.07. The van der Waals surface area contributed by atoms with Gasteiger partial charge in [-0.2, -0.15) is 5.06 Å². The molecule has 2 amide bonds. The monoisotopic (exact) mass is 436 g/mol. The third kappa shape index (κ3) is 4.40. The van der Waals surface area contributed by atoms with E-state index in [2.05, 4.69) is 4.98 Å². The van der Waals surface area contributed by atoms with E-state index in [9.17, 15) is 22.8 Å². The average molecular weight is 436 g/mol. The number of carbonyl (C=O) groups excluding carboxylic acids is 1. The summed E-state index contributed by atoms with van der Waals surface area (Å²) in [4.78, 5) is 15.2. The highest BCUT2D eigenvalue weighted by Gasteiger charge is 2.21. The van der Waals surface area contributed by atoms with Crippen LogP contribution in [0.25, 0.3) is 22.6 Å². The number of primary amides is 1. The van der Waals surface area contributed by atoms with Gasteiger partial charge in [-0.25, -0.2) is 27.7 Å². The second-order valence-corrected chi connectivity index (χ2v) is 7.66. The Morgan fingerprint density at radius 1 is 1.23 bits per heavy atom. The lowest BCUT2D eigenvalue weighted by atomic mass is 10.1. The Morgan fingerprint density at radius 2 is 1.87 bits per heavy atom. The maximum absolute atomic E-state index is 14.2. The van der Waals surface area contributed by atoms with Crippen LogP contribution < -0.4 is 15.6 Å². The molecule has 158 valence electrons. The van der Waals surface area contributed by atoms with E-state index in [1.165, 1.54) is 49.6 Å². The number of rotatable bonds is 6. The molecular weight excluding hydrogens is 419 g/mol. The molecule has 2 aromatic carbocycles. The van der Waals surface area contributed by atoms with E-state index >= 15 is 0 Å². The summed E-state index contributed by atoms with van der Waals surface area (Å²) < 4.78 is 47.7. The van der Waals surface area contributed by atoms with E-state index in [0.29, 0.717) is 11.1 Å². The lowest BCUT2D eigenvalue weighted by molar-refractivity contribution is -0.0523. The summed E-state index contributed by atoms with van der Waals surface area (Å²) in [5, 5.41) is 14.9. The molecule has 0 unspecified atom stereocenters. The summed E-state index contributed by atoms with van der Waals surface area (Å²) in [6.45, 7) is -0.462. The SMILES string of the molecule is COc1ccc(-c2nc(CN(O)C(N)=O)oc2-c2ccc(S(N)(=O)=O)cc2)cc1F. The first-order chi connectivity index (χ1) is 14.1. The molecule has 12 heteroatoms. The second-order valence-electron chi connectivity index (χ2n) is 6.10. The van der Waals surface area contributed by atoms with E-state index in [1.807, 2.05) is 0 Å². The number of nitrogens with two attached hydrogens (primary N) is 2. The number of hydrogen-bond acceptors (Lipinski definition) is 7. The number of primary sulfonamides is 1. The van der Waals surface area contributed by atoms with Crippen molar-refractivity contribution in [3.8, 4) is 28.3 Å². The molecule has 30 heavy (non-hydrogen) atoms. The van der Waals surface area contributed by atoms with Gasteiger partial charge in [0, 0.05) is 11.1 Å². The maximum Gasteiger partial charge on any atom is 0.339 e. The van der Waals surface area contributed by atoms with Gasteiger partial charge in [0.2, 0.25) is 15.9 Å². The summed E-state index contributed by atoms with van der Waals surface area (Å²) >= 11 is 0. The number of benzene rings is 2. The number of nitrogens with zero attached hydrogens (tertiary/aromatic N) is 2. The number of urea groups is 1. The van der Waals surface area contributed by atoms with Gasteiger partial charge in [0.25, 0.3) is 0 Å². The van der Waals surface area contributed by atoms with Gasteiger partial charge in [0.15, 0.2) is 17.3 Å². The van der Waals surface area contributed by atoms with E-state index < -0.39 is 28.4 Å². The van der Waals surface area contributed by atoms with Gasteiger partial charge in [0.1, 0.15) is 12.2 Å². The second kappa shape index (κ2) is 8.10. The number of carbonyl (C=O) groups is 1. The summed E-state index contributed by atoms with van der Waals surface area (Å²) in [5.74, 6) is -0.561. The van der Waals surface area contributed by atoms with Crippen LogP contribution >= 0.6 is 0 Å². The third-order valence-corrected chi connectivity index (χ3v) is 5.01. The molecular formula is C18H17FN4O6S. The van der Waals surface area contributed by atoms with Gasteiger partial charge in [-0.15, -0.1) is 0 Å². The van der Waals surface area contributed by atoms with Crippen LogP contribution in [0.2, 0.25) is 0 Å². The first-order valence-corrected chi connectivity index (χ1v) is 9.87. The number of sulfonamides is 1. The molecule has 1 aromatic heterocycles. The van der Waals surface area contributed by atoms with Crippen LogP contribution in [0.1, 0.15) is 5.89 Å². The van der Waals surface area contributed by atoms with E-state index in [0.717, 1.165) is 0 Å². The topological polar surface area (TPSA) is 162 Å². The molecule has 0 saturated carbocycles. The van der Waals surface area contributed by atoms with Crippen LogP contribution in [0.4, 0.5) is 9.18 Å². The fourth-order valence-corrected chi connectivity index (χ4v) is 3.15. The Kier molecular flexibility index (Phi) is 5.73. The highest BCUT2D eigenvalue weighted by atomic mass is 32.2. The number of aromatic nitrogens is 1. The molecule has 0 spiro atoms. The number of ether oxygens (including phenoxy) is 1. The van der Waals surface area contributed by atoms with Gasteiger partial charge >= 0.3 is 6.03 Å². The van der Waals surface area contributed by atoms with Crippen LogP contribution in [0.3, 0.4) is 0 Å². The zero-order valence-electron chi connectivity index (χ0n) is 15.6. The van der Waals surface area contributed by atoms with Gasteiger partial charge in [0.05, 0.1) is 12.0 Å². The van der Waals surface area contributed by atoms with Crippen molar-refractivity contribution in [2.45, 2.75) is 11.4 Å². The van der Waals surface area contributed by atoms with E-state index in [4.69, 9.17) is 20.0 Å². The molecule has 0 aliphatic carbocycles. The summed E-state index contributed by atoms with van der Waals surface area (Å²) in [6.07, 6.45) is 0. The van der Waals surface area contributed by atoms with Crippen molar-refractivity contribution < 1.29 is 32.0 Å². The average Bonchev–Trinajstić information content (AvgIpc) is 3.11. The lowest BCUT2D eigenvalue weighted by Crippen LogP contribution is -2.32. The zero-order chi connectivity index (χ0) is 22.1. The number of hydrogen-bond donors (Lipinski definition) is 3. The fraction of sp³-hybridized carbons (Fsp3) is 0.111. The molecule has 0 saturated heterocycles. The Bertz CT molecular complexity index is 1190. The summed E-state index contributed by atoms with van der Waals surface area (Å²) in [6, 6.07) is 8.39. The van der Waals surface area contributed by atoms with Crippen molar-refractivity contribution in [1.82, 2.24) is 10.0 Å². The van der Waals surface area contributed by atoms with Gasteiger partial charge < -0.3 is 14.9 Å². The van der Waals surface area contributed by atoms with E-state index in [-0.39, 0.29) is 33.1 Å². The molecule has 1 heterocycles. The van der Waals surface area contributed by atoms with Gasteiger partial charge in [-0.3, -0.25) is 5.21 Å². The lowest BCUT2D eigenvalue weighted by Gasteiger charge is -2.08. The van der Waals surface area contributed by atoms with Crippen LogP contribution in [0, 0.1) is 5.82 Å². The van der Waals surface area contributed by atoms with Crippen LogP contribution in [-0.2, 0) is 16.6 Å². The zero-order valence-corrected chi connectivity index (χ0v) is 16.4. The summed E-state index contributed by atoms with van der Waals surface area (Å²) in [7, 11) is -2.57. The molecule has 0 atom stereocenters. The van der Waals surface area contributed by atoms with Crippen molar-refractivity contribution >= 4 is 16.1 Å². The van der Waals surface area contributed by atoms with Crippen molar-refractivity contribution in [2.75, 3.05) is 7.11 Å². The fourth-order valence-electron chi connectivity index (χ4n) is 2.64. The van der Waals surface area contributed by atoms with Crippen LogP contribution in [-0.4, -0.2) is 36.8 Å². The normalized spacial score (nSPS) is 11.3. The van der Waals surface area contributed by atoms with Crippen LogP contribution in [0.15, 0.2) is 51.8 Å².